The molecule has 0 radical (unpaired) electrons. The Hall–Kier alpha value is -2.76. The van der Waals surface area contributed by atoms with E-state index in [-0.39, 0.29) is 5.56 Å². The minimum absolute atomic E-state index is 0.233. The summed E-state index contributed by atoms with van der Waals surface area (Å²) in [6.07, 6.45) is 0. The molecular weight excluding hydrogens is 286 g/mol. The van der Waals surface area contributed by atoms with Gasteiger partial charge in [0.05, 0.1) is 5.69 Å². The second-order valence-electron chi connectivity index (χ2n) is 4.85. The number of ether oxygens (including phenoxy) is 2. The minimum Gasteiger partial charge on any atom is -0.486 e. The van der Waals surface area contributed by atoms with Gasteiger partial charge in [-0.2, -0.15) is 0 Å². The average molecular weight is 301 g/mol. The summed E-state index contributed by atoms with van der Waals surface area (Å²) in [5.41, 5.74) is 0.681. The van der Waals surface area contributed by atoms with Crippen LogP contribution in [0.4, 0.5) is 0 Å². The van der Waals surface area contributed by atoms with E-state index in [9.17, 15) is 9.59 Å². The SMILES string of the molecule is CCn1c(-c2ccc3c(c2)OCCO3)ccc(C(=O)O)c1=O. The molecule has 1 aromatic heterocycles. The highest BCUT2D eigenvalue weighted by atomic mass is 16.6. The van der Waals surface area contributed by atoms with Crippen LogP contribution in [0.2, 0.25) is 0 Å². The Labute approximate surface area is 126 Å². The average Bonchev–Trinajstić information content (AvgIpc) is 2.53. The van der Waals surface area contributed by atoms with Crippen molar-refractivity contribution in [2.45, 2.75) is 13.5 Å². The number of aromatic carboxylic acids is 1. The Morgan fingerprint density at radius 2 is 1.91 bits per heavy atom. The molecule has 6 heteroatoms. The van der Waals surface area contributed by atoms with Gasteiger partial charge in [-0.1, -0.05) is 0 Å². The van der Waals surface area contributed by atoms with Gasteiger partial charge in [0.2, 0.25) is 0 Å². The van der Waals surface area contributed by atoms with Crippen molar-refractivity contribution in [2.24, 2.45) is 0 Å². The highest BCUT2D eigenvalue weighted by molar-refractivity contribution is 5.87. The first-order valence-electron chi connectivity index (χ1n) is 6.99. The van der Waals surface area contributed by atoms with Crippen LogP contribution in [0.15, 0.2) is 35.1 Å². The zero-order valence-electron chi connectivity index (χ0n) is 12.0. The number of aromatic nitrogens is 1. The van der Waals surface area contributed by atoms with Crippen LogP contribution in [0.1, 0.15) is 17.3 Å². The lowest BCUT2D eigenvalue weighted by molar-refractivity contribution is 0.0694. The third-order valence-corrected chi connectivity index (χ3v) is 3.56. The fraction of sp³-hybridized carbons (Fsp3) is 0.250. The van der Waals surface area contributed by atoms with Crippen LogP contribution in [-0.4, -0.2) is 28.9 Å². The molecule has 0 saturated carbocycles. The van der Waals surface area contributed by atoms with E-state index in [1.54, 1.807) is 25.1 Å². The first-order chi connectivity index (χ1) is 10.6. The fourth-order valence-corrected chi connectivity index (χ4v) is 2.51. The lowest BCUT2D eigenvalue weighted by atomic mass is 10.1. The van der Waals surface area contributed by atoms with Crippen molar-refractivity contribution >= 4 is 5.97 Å². The van der Waals surface area contributed by atoms with Crippen molar-refractivity contribution in [1.29, 1.82) is 0 Å². The summed E-state index contributed by atoms with van der Waals surface area (Å²) < 4.78 is 12.5. The molecule has 0 aliphatic carbocycles. The monoisotopic (exact) mass is 301 g/mol. The molecule has 1 aliphatic heterocycles. The van der Waals surface area contributed by atoms with E-state index in [4.69, 9.17) is 14.6 Å². The smallest absolute Gasteiger partial charge is 0.341 e. The van der Waals surface area contributed by atoms with Crippen molar-refractivity contribution in [3.05, 3.63) is 46.2 Å². The maximum atomic E-state index is 12.3. The van der Waals surface area contributed by atoms with Crippen LogP contribution in [0.25, 0.3) is 11.3 Å². The molecule has 0 fully saturated rings. The predicted octanol–water partition coefficient (Wildman–Crippen LogP) is 2.00. The molecule has 2 aromatic rings. The molecule has 0 unspecified atom stereocenters. The summed E-state index contributed by atoms with van der Waals surface area (Å²) in [6, 6.07) is 8.40. The molecule has 0 bridgehead atoms. The lowest BCUT2D eigenvalue weighted by Gasteiger charge is -2.19. The second kappa shape index (κ2) is 5.55. The number of benzene rings is 1. The molecule has 1 aliphatic rings. The molecule has 22 heavy (non-hydrogen) atoms. The van der Waals surface area contributed by atoms with Gasteiger partial charge in [-0.05, 0) is 37.3 Å². The van der Waals surface area contributed by atoms with Gasteiger partial charge in [-0.3, -0.25) is 4.79 Å². The van der Waals surface area contributed by atoms with Crippen molar-refractivity contribution in [3.8, 4) is 22.8 Å². The zero-order valence-corrected chi connectivity index (χ0v) is 12.0. The van der Waals surface area contributed by atoms with Crippen molar-refractivity contribution < 1.29 is 19.4 Å². The summed E-state index contributed by atoms with van der Waals surface area (Å²) >= 11 is 0. The maximum absolute atomic E-state index is 12.3. The Balaban J connectivity index is 2.14. The third kappa shape index (κ3) is 2.32. The molecule has 3 rings (SSSR count). The number of pyridine rings is 1. The predicted molar refractivity (Wildman–Crippen MR) is 79.8 cm³/mol. The Kier molecular flexibility index (Phi) is 3.58. The summed E-state index contributed by atoms with van der Waals surface area (Å²) in [5.74, 6) is 0.0737. The van der Waals surface area contributed by atoms with E-state index in [0.717, 1.165) is 5.56 Å². The van der Waals surface area contributed by atoms with Crippen LogP contribution in [0.3, 0.4) is 0 Å². The topological polar surface area (TPSA) is 77.8 Å². The Morgan fingerprint density at radius 1 is 1.18 bits per heavy atom. The number of carbonyl (C=O) groups is 1. The number of carboxylic acid groups (broad SMARTS) is 1. The second-order valence-corrected chi connectivity index (χ2v) is 4.85. The summed E-state index contributed by atoms with van der Waals surface area (Å²) in [5, 5.41) is 9.06. The quantitative estimate of drug-likeness (QED) is 0.938. The van der Waals surface area contributed by atoms with Gasteiger partial charge in [0.1, 0.15) is 18.8 Å². The van der Waals surface area contributed by atoms with E-state index < -0.39 is 11.5 Å². The van der Waals surface area contributed by atoms with Crippen LogP contribution in [0.5, 0.6) is 11.5 Å². The summed E-state index contributed by atoms with van der Waals surface area (Å²) in [6.45, 7) is 3.17. The van der Waals surface area contributed by atoms with Crippen molar-refractivity contribution in [3.63, 3.8) is 0 Å². The van der Waals surface area contributed by atoms with Gasteiger partial charge >= 0.3 is 5.97 Å². The number of carboxylic acids is 1. The molecule has 0 amide bonds. The third-order valence-electron chi connectivity index (χ3n) is 3.56. The molecular formula is C16H15NO5. The standard InChI is InChI=1S/C16H15NO5/c1-2-17-12(5-4-11(15(17)18)16(19)20)10-3-6-13-14(9-10)22-8-7-21-13/h3-6,9H,2,7-8H2,1H3,(H,19,20). The van der Waals surface area contributed by atoms with E-state index >= 15 is 0 Å². The van der Waals surface area contributed by atoms with E-state index in [1.165, 1.54) is 10.6 Å². The van der Waals surface area contributed by atoms with Crippen molar-refractivity contribution in [2.75, 3.05) is 13.2 Å². The Bertz CT molecular complexity index is 794. The van der Waals surface area contributed by atoms with Gasteiger partial charge in [0.15, 0.2) is 11.5 Å². The molecule has 0 atom stereocenters. The minimum atomic E-state index is -1.22. The first-order valence-corrected chi connectivity index (χ1v) is 6.99. The lowest BCUT2D eigenvalue weighted by Crippen LogP contribution is -2.26. The van der Waals surface area contributed by atoms with E-state index in [0.29, 0.717) is 37.0 Å². The first kappa shape index (κ1) is 14.2. The van der Waals surface area contributed by atoms with Gasteiger partial charge in [-0.15, -0.1) is 0 Å². The molecule has 1 N–H and O–H groups in total. The Morgan fingerprint density at radius 3 is 2.59 bits per heavy atom. The van der Waals surface area contributed by atoms with Gasteiger partial charge < -0.3 is 19.1 Å². The van der Waals surface area contributed by atoms with Crippen LogP contribution < -0.4 is 15.0 Å². The maximum Gasteiger partial charge on any atom is 0.341 e. The molecule has 114 valence electrons. The summed E-state index contributed by atoms with van der Waals surface area (Å²) in [4.78, 5) is 23.3. The fourth-order valence-electron chi connectivity index (χ4n) is 2.51. The zero-order chi connectivity index (χ0) is 15.7. The van der Waals surface area contributed by atoms with E-state index in [1.807, 2.05) is 6.07 Å². The number of hydrogen-bond donors (Lipinski definition) is 1. The number of fused-ring (bicyclic) bond motifs is 1. The van der Waals surface area contributed by atoms with Crippen LogP contribution in [-0.2, 0) is 6.54 Å². The molecule has 0 spiro atoms. The number of nitrogens with zero attached hydrogens (tertiary/aromatic N) is 1. The summed E-state index contributed by atoms with van der Waals surface area (Å²) in [7, 11) is 0. The molecule has 1 aromatic carbocycles. The largest absolute Gasteiger partial charge is 0.486 e. The van der Waals surface area contributed by atoms with Gasteiger partial charge in [0, 0.05) is 12.1 Å². The van der Waals surface area contributed by atoms with Gasteiger partial charge in [-0.25, -0.2) is 4.79 Å². The van der Waals surface area contributed by atoms with Gasteiger partial charge in [0.25, 0.3) is 5.56 Å². The highest BCUT2D eigenvalue weighted by Gasteiger charge is 2.17. The number of rotatable bonds is 3. The molecule has 0 saturated heterocycles. The molecule has 2 heterocycles. The van der Waals surface area contributed by atoms with Crippen molar-refractivity contribution in [1.82, 2.24) is 4.57 Å². The van der Waals surface area contributed by atoms with E-state index in [2.05, 4.69) is 0 Å². The van der Waals surface area contributed by atoms with Crippen LogP contribution in [0, 0.1) is 0 Å². The normalized spacial score (nSPS) is 13.0. The molecule has 6 nitrogen and oxygen atoms in total. The van der Waals surface area contributed by atoms with Crippen LogP contribution >= 0.6 is 0 Å². The highest BCUT2D eigenvalue weighted by Crippen LogP contribution is 2.34. The number of hydrogen-bond acceptors (Lipinski definition) is 4.